The molecule has 1 aromatic carbocycles. The first kappa shape index (κ1) is 16.0. The van der Waals surface area contributed by atoms with Crippen LogP contribution in [0.25, 0.3) is 0 Å². The van der Waals surface area contributed by atoms with E-state index in [1.807, 2.05) is 13.8 Å². The molecule has 1 amide bonds. The van der Waals surface area contributed by atoms with E-state index >= 15 is 0 Å². The van der Waals surface area contributed by atoms with E-state index in [4.69, 9.17) is 14.0 Å². The van der Waals surface area contributed by atoms with Crippen LogP contribution in [0.4, 0.5) is 5.69 Å². The summed E-state index contributed by atoms with van der Waals surface area (Å²) in [4.78, 5) is 28.0. The van der Waals surface area contributed by atoms with Gasteiger partial charge >= 0.3 is 5.97 Å². The number of nitrogens with one attached hydrogen (secondary N) is 1. The van der Waals surface area contributed by atoms with Crippen molar-refractivity contribution >= 4 is 17.6 Å². The van der Waals surface area contributed by atoms with Gasteiger partial charge in [0.2, 0.25) is 0 Å². The number of amides is 1. The number of hydrogen-bond acceptors (Lipinski definition) is 7. The fourth-order valence-electron chi connectivity index (χ4n) is 2.14. The molecule has 126 valence electrons. The molecular formula is C16H17N3O5. The van der Waals surface area contributed by atoms with E-state index in [0.717, 1.165) is 0 Å². The summed E-state index contributed by atoms with van der Waals surface area (Å²) in [5, 5.41) is 6.47. The summed E-state index contributed by atoms with van der Waals surface area (Å²) in [6, 6.07) is 7.02. The largest absolute Gasteiger partial charge is 0.478 e. The lowest BCUT2D eigenvalue weighted by atomic mass is 10.1. The molecule has 0 bridgehead atoms. The summed E-state index contributed by atoms with van der Waals surface area (Å²) in [6.07, 6.45) is -1.13. The molecule has 0 saturated carbocycles. The summed E-state index contributed by atoms with van der Waals surface area (Å²) in [5.41, 5.74) is 0.583. The number of rotatable bonds is 5. The molecule has 8 heteroatoms. The minimum Gasteiger partial charge on any atom is -0.478 e. The highest BCUT2D eigenvalue weighted by Crippen LogP contribution is 2.29. The minimum atomic E-state index is -0.929. The van der Waals surface area contributed by atoms with Crippen LogP contribution in [0.2, 0.25) is 0 Å². The van der Waals surface area contributed by atoms with Crippen molar-refractivity contribution in [2.24, 2.45) is 0 Å². The Balaban J connectivity index is 1.54. The summed E-state index contributed by atoms with van der Waals surface area (Å²) in [7, 11) is 0. The molecule has 1 aromatic heterocycles. The van der Waals surface area contributed by atoms with Gasteiger partial charge in [-0.25, -0.2) is 0 Å². The molecule has 1 aliphatic rings. The quantitative estimate of drug-likeness (QED) is 0.836. The second kappa shape index (κ2) is 6.69. The zero-order chi connectivity index (χ0) is 17.1. The molecule has 2 heterocycles. The number of ether oxygens (including phenoxy) is 2. The van der Waals surface area contributed by atoms with Crippen molar-refractivity contribution in [2.45, 2.75) is 38.9 Å². The van der Waals surface area contributed by atoms with E-state index in [1.165, 1.54) is 0 Å². The second-order valence-electron chi connectivity index (χ2n) is 5.66. The van der Waals surface area contributed by atoms with Crippen LogP contribution in [-0.2, 0) is 20.9 Å². The van der Waals surface area contributed by atoms with E-state index in [0.29, 0.717) is 17.3 Å². The molecule has 1 aliphatic heterocycles. The summed E-state index contributed by atoms with van der Waals surface area (Å²) in [6.45, 7) is 3.72. The van der Waals surface area contributed by atoms with Crippen LogP contribution in [0.3, 0.4) is 0 Å². The number of aromatic nitrogens is 2. The Labute approximate surface area is 138 Å². The average molecular weight is 331 g/mol. The van der Waals surface area contributed by atoms with E-state index in [2.05, 4.69) is 15.5 Å². The van der Waals surface area contributed by atoms with Crippen LogP contribution in [0, 0.1) is 0 Å². The van der Waals surface area contributed by atoms with Gasteiger partial charge in [-0.05, 0) is 12.1 Å². The zero-order valence-corrected chi connectivity index (χ0v) is 13.3. The third-order valence-corrected chi connectivity index (χ3v) is 3.42. The summed E-state index contributed by atoms with van der Waals surface area (Å²) >= 11 is 0. The molecule has 0 fully saturated rings. The Morgan fingerprint density at radius 2 is 2.17 bits per heavy atom. The van der Waals surface area contributed by atoms with Crippen molar-refractivity contribution in [3.63, 3.8) is 0 Å². The molecule has 24 heavy (non-hydrogen) atoms. The number of carbonyl (C=O) groups excluding carboxylic acids is 2. The predicted molar refractivity (Wildman–Crippen MR) is 82.3 cm³/mol. The lowest BCUT2D eigenvalue weighted by Crippen LogP contribution is -2.38. The number of fused-ring (bicyclic) bond motifs is 1. The number of esters is 1. The Morgan fingerprint density at radius 3 is 2.92 bits per heavy atom. The maximum absolute atomic E-state index is 12.0. The lowest BCUT2D eigenvalue weighted by molar-refractivity contribution is -0.149. The fourth-order valence-corrected chi connectivity index (χ4v) is 2.14. The number of anilines is 1. The molecule has 1 atom stereocenters. The van der Waals surface area contributed by atoms with E-state index < -0.39 is 12.1 Å². The highest BCUT2D eigenvalue weighted by Gasteiger charge is 2.30. The third kappa shape index (κ3) is 3.53. The van der Waals surface area contributed by atoms with Gasteiger partial charge in [-0.2, -0.15) is 4.98 Å². The first-order valence-electron chi connectivity index (χ1n) is 7.57. The lowest BCUT2D eigenvalue weighted by Gasteiger charge is -2.24. The molecule has 0 aliphatic carbocycles. The van der Waals surface area contributed by atoms with Crippen LogP contribution in [0.5, 0.6) is 5.75 Å². The zero-order valence-electron chi connectivity index (χ0n) is 13.3. The first-order valence-corrected chi connectivity index (χ1v) is 7.57. The molecule has 0 radical (unpaired) electrons. The SMILES string of the molecule is CC(C)c1noc(COC(=O)CC2Oc3ccccc3NC2=O)n1. The third-order valence-electron chi connectivity index (χ3n) is 3.42. The monoisotopic (exact) mass is 331 g/mol. The highest BCUT2D eigenvalue weighted by atomic mass is 16.6. The number of hydrogen-bond donors (Lipinski definition) is 1. The van der Waals surface area contributed by atoms with Gasteiger partial charge in [0.1, 0.15) is 5.75 Å². The standard InChI is InChI=1S/C16H17N3O5/c1-9(2)15-18-13(24-19-15)8-22-14(20)7-12-16(21)17-10-5-3-4-6-11(10)23-12/h3-6,9,12H,7-8H2,1-2H3,(H,17,21). The molecule has 1 N–H and O–H groups in total. The molecule has 3 rings (SSSR count). The normalized spacial score (nSPS) is 16.3. The Morgan fingerprint density at radius 1 is 1.38 bits per heavy atom. The van der Waals surface area contributed by atoms with E-state index in [9.17, 15) is 9.59 Å². The Bertz CT molecular complexity index is 756. The van der Waals surface area contributed by atoms with Crippen LogP contribution in [0.15, 0.2) is 28.8 Å². The molecule has 2 aromatic rings. The van der Waals surface area contributed by atoms with Gasteiger partial charge in [-0.1, -0.05) is 31.1 Å². The second-order valence-corrected chi connectivity index (χ2v) is 5.66. The summed E-state index contributed by atoms with van der Waals surface area (Å²) < 4.78 is 15.6. The van der Waals surface area contributed by atoms with Gasteiger partial charge in [-0.15, -0.1) is 0 Å². The van der Waals surface area contributed by atoms with E-state index in [-0.39, 0.29) is 30.7 Å². The number of para-hydroxylation sites is 2. The molecule has 0 saturated heterocycles. The van der Waals surface area contributed by atoms with Crippen molar-refractivity contribution in [1.29, 1.82) is 0 Å². The van der Waals surface area contributed by atoms with Crippen molar-refractivity contribution in [3.8, 4) is 5.75 Å². The Kier molecular flexibility index (Phi) is 4.45. The van der Waals surface area contributed by atoms with Crippen LogP contribution < -0.4 is 10.1 Å². The average Bonchev–Trinajstić information content (AvgIpc) is 3.03. The van der Waals surface area contributed by atoms with Gasteiger partial charge in [0.25, 0.3) is 11.8 Å². The fraction of sp³-hybridized carbons (Fsp3) is 0.375. The maximum Gasteiger partial charge on any atom is 0.310 e. The predicted octanol–water partition coefficient (Wildman–Crippen LogP) is 2.03. The van der Waals surface area contributed by atoms with E-state index in [1.54, 1.807) is 24.3 Å². The smallest absolute Gasteiger partial charge is 0.310 e. The van der Waals surface area contributed by atoms with Crippen LogP contribution in [0.1, 0.15) is 37.9 Å². The number of carbonyl (C=O) groups is 2. The first-order chi connectivity index (χ1) is 11.5. The van der Waals surface area contributed by atoms with Crippen molar-refractivity contribution in [2.75, 3.05) is 5.32 Å². The molecule has 1 unspecified atom stereocenters. The van der Waals surface area contributed by atoms with Crippen molar-refractivity contribution < 1.29 is 23.6 Å². The number of benzene rings is 1. The topological polar surface area (TPSA) is 104 Å². The maximum atomic E-state index is 12.0. The molecule has 0 spiro atoms. The number of nitrogens with zero attached hydrogens (tertiary/aromatic N) is 2. The van der Waals surface area contributed by atoms with Gasteiger partial charge in [0.15, 0.2) is 18.5 Å². The van der Waals surface area contributed by atoms with Crippen molar-refractivity contribution in [1.82, 2.24) is 10.1 Å². The summed E-state index contributed by atoms with van der Waals surface area (Å²) in [5.74, 6) is 0.439. The van der Waals surface area contributed by atoms with Gasteiger partial charge in [0.05, 0.1) is 12.1 Å². The van der Waals surface area contributed by atoms with Gasteiger partial charge < -0.3 is 19.3 Å². The highest BCUT2D eigenvalue weighted by molar-refractivity contribution is 5.99. The molecular weight excluding hydrogens is 314 g/mol. The van der Waals surface area contributed by atoms with Crippen molar-refractivity contribution in [3.05, 3.63) is 36.0 Å². The minimum absolute atomic E-state index is 0.123. The van der Waals surface area contributed by atoms with Crippen LogP contribution in [-0.4, -0.2) is 28.1 Å². The Hall–Kier alpha value is -2.90. The van der Waals surface area contributed by atoms with Crippen LogP contribution >= 0.6 is 0 Å². The molecule has 8 nitrogen and oxygen atoms in total. The van der Waals surface area contributed by atoms with Gasteiger partial charge in [0, 0.05) is 5.92 Å². The van der Waals surface area contributed by atoms with Gasteiger partial charge in [-0.3, -0.25) is 9.59 Å².